The molecule has 0 saturated carbocycles. The van der Waals surface area contributed by atoms with Gasteiger partial charge < -0.3 is 0 Å². The van der Waals surface area contributed by atoms with Crippen LogP contribution in [0.2, 0.25) is 0 Å². The van der Waals surface area contributed by atoms with Crippen molar-refractivity contribution in [1.29, 1.82) is 0 Å². The van der Waals surface area contributed by atoms with E-state index in [1.807, 2.05) is 0 Å². The van der Waals surface area contributed by atoms with E-state index in [1.165, 1.54) is 25.8 Å². The highest BCUT2D eigenvalue weighted by Gasteiger charge is 2.47. The summed E-state index contributed by atoms with van der Waals surface area (Å²) in [5.74, 6) is 1.39. The van der Waals surface area contributed by atoms with E-state index in [4.69, 9.17) is 0 Å². The molecule has 0 spiro atoms. The van der Waals surface area contributed by atoms with Crippen LogP contribution < -0.4 is 0 Å². The number of carbonyl (C=O) groups excluding carboxylic acids is 1. The van der Waals surface area contributed by atoms with E-state index in [0.717, 1.165) is 18.8 Å². The zero-order valence-electron chi connectivity index (χ0n) is 7.33. The van der Waals surface area contributed by atoms with Gasteiger partial charge in [0, 0.05) is 24.9 Å². The molecule has 3 rings (SSSR count). The monoisotopic (exact) mass is 165 g/mol. The van der Waals surface area contributed by atoms with Crippen LogP contribution in [0.3, 0.4) is 0 Å². The Kier molecular flexibility index (Phi) is 1.37. The molecule has 66 valence electrons. The molecule has 0 aliphatic carbocycles. The molecule has 12 heavy (non-hydrogen) atoms. The van der Waals surface area contributed by atoms with Crippen LogP contribution in [0, 0.1) is 5.92 Å². The third-order valence-corrected chi connectivity index (χ3v) is 3.91. The number of piperidine rings is 2. The molecule has 4 atom stereocenters. The second kappa shape index (κ2) is 2.32. The van der Waals surface area contributed by atoms with E-state index in [9.17, 15) is 4.79 Å². The fourth-order valence-electron chi connectivity index (χ4n) is 3.44. The minimum absolute atomic E-state index is 0.519. The Labute approximate surface area is 72.9 Å². The molecule has 3 aliphatic heterocycles. The molecule has 0 aromatic carbocycles. The fraction of sp³-hybridized carbons (Fsp3) is 0.900. The molecular weight excluding hydrogens is 150 g/mol. The van der Waals surface area contributed by atoms with Crippen LogP contribution in [0.5, 0.6) is 0 Å². The van der Waals surface area contributed by atoms with E-state index in [1.54, 1.807) is 0 Å². The van der Waals surface area contributed by atoms with Crippen molar-refractivity contribution in [2.75, 3.05) is 6.54 Å². The summed E-state index contributed by atoms with van der Waals surface area (Å²) in [7, 11) is 0. The topological polar surface area (TPSA) is 20.3 Å². The average Bonchev–Trinajstić information content (AvgIpc) is 2.26. The Morgan fingerprint density at radius 2 is 2.25 bits per heavy atom. The number of rotatable bonds is 0. The largest absolute Gasteiger partial charge is 0.300 e. The molecule has 3 saturated heterocycles. The summed E-state index contributed by atoms with van der Waals surface area (Å²) >= 11 is 0. The molecule has 3 heterocycles. The summed E-state index contributed by atoms with van der Waals surface area (Å²) in [6, 6.07) is 1.30. The van der Waals surface area contributed by atoms with E-state index in [0.29, 0.717) is 17.9 Å². The molecule has 4 unspecified atom stereocenters. The second-order valence-corrected chi connectivity index (χ2v) is 4.54. The molecule has 0 radical (unpaired) electrons. The maximum atomic E-state index is 11.3. The van der Waals surface area contributed by atoms with Crippen LogP contribution >= 0.6 is 0 Å². The lowest BCUT2D eigenvalue weighted by atomic mass is 9.90. The van der Waals surface area contributed by atoms with Crippen LogP contribution in [0.15, 0.2) is 0 Å². The molecular formula is C10H15NO. The molecule has 0 amide bonds. The third-order valence-electron chi connectivity index (χ3n) is 3.91. The van der Waals surface area contributed by atoms with Gasteiger partial charge in [0.25, 0.3) is 0 Å². The predicted octanol–water partition coefficient (Wildman–Crippen LogP) is 1.20. The first-order chi connectivity index (χ1) is 5.84. The second-order valence-electron chi connectivity index (χ2n) is 4.54. The molecule has 0 N–H and O–H groups in total. The maximum Gasteiger partial charge on any atom is 0.136 e. The molecule has 3 aliphatic rings. The van der Waals surface area contributed by atoms with E-state index >= 15 is 0 Å². The average molecular weight is 165 g/mol. The van der Waals surface area contributed by atoms with Crippen molar-refractivity contribution in [3.63, 3.8) is 0 Å². The van der Waals surface area contributed by atoms with Gasteiger partial charge >= 0.3 is 0 Å². The van der Waals surface area contributed by atoms with Gasteiger partial charge in [0.15, 0.2) is 0 Å². The van der Waals surface area contributed by atoms with Crippen molar-refractivity contribution in [1.82, 2.24) is 4.90 Å². The van der Waals surface area contributed by atoms with Gasteiger partial charge in [-0.05, 0) is 31.7 Å². The normalized spacial score (nSPS) is 51.2. The molecule has 2 heteroatoms. The smallest absolute Gasteiger partial charge is 0.136 e. The third kappa shape index (κ3) is 0.817. The van der Waals surface area contributed by atoms with Crippen LogP contribution in [0.1, 0.15) is 32.1 Å². The van der Waals surface area contributed by atoms with Gasteiger partial charge in [-0.1, -0.05) is 0 Å². The Hall–Kier alpha value is -0.370. The van der Waals surface area contributed by atoms with Crippen LogP contribution in [0.25, 0.3) is 0 Å². The molecule has 3 fully saturated rings. The highest BCUT2D eigenvalue weighted by molar-refractivity contribution is 5.81. The molecule has 0 aromatic heterocycles. The Bertz CT molecular complexity index is 226. The SMILES string of the molecule is O=C1CC2CC3CCCN2C3C1. The van der Waals surface area contributed by atoms with Gasteiger partial charge in [0.2, 0.25) is 0 Å². The van der Waals surface area contributed by atoms with Crippen LogP contribution in [-0.2, 0) is 4.79 Å². The summed E-state index contributed by atoms with van der Waals surface area (Å²) in [6.07, 6.45) is 5.78. The number of carbonyl (C=O) groups is 1. The highest BCUT2D eigenvalue weighted by Crippen LogP contribution is 2.43. The summed E-state index contributed by atoms with van der Waals surface area (Å²) in [5.41, 5.74) is 0. The van der Waals surface area contributed by atoms with Gasteiger partial charge in [0.05, 0.1) is 0 Å². The van der Waals surface area contributed by atoms with Crippen molar-refractivity contribution in [2.45, 2.75) is 44.2 Å². The van der Waals surface area contributed by atoms with E-state index in [2.05, 4.69) is 4.90 Å². The van der Waals surface area contributed by atoms with Crippen molar-refractivity contribution < 1.29 is 4.79 Å². The first-order valence-electron chi connectivity index (χ1n) is 5.12. The van der Waals surface area contributed by atoms with Gasteiger partial charge in [0.1, 0.15) is 5.78 Å². The highest BCUT2D eigenvalue weighted by atomic mass is 16.1. The van der Waals surface area contributed by atoms with Crippen molar-refractivity contribution >= 4 is 5.78 Å². The standard InChI is InChI=1S/C10H15NO/c12-9-5-8-4-7-2-1-3-11(8)10(7)6-9/h7-8,10H,1-6H2. The molecule has 4 bridgehead atoms. The molecule has 0 aromatic rings. The lowest BCUT2D eigenvalue weighted by Crippen LogP contribution is -2.46. The van der Waals surface area contributed by atoms with Crippen molar-refractivity contribution in [3.05, 3.63) is 0 Å². The van der Waals surface area contributed by atoms with Crippen LogP contribution in [-0.4, -0.2) is 29.3 Å². The Morgan fingerprint density at radius 1 is 1.33 bits per heavy atom. The maximum absolute atomic E-state index is 11.3. The minimum atomic E-state index is 0.519. The first kappa shape index (κ1) is 7.07. The zero-order chi connectivity index (χ0) is 8.13. The summed E-state index contributed by atoms with van der Waals surface area (Å²) in [4.78, 5) is 13.9. The number of ketones is 1. The van der Waals surface area contributed by atoms with Gasteiger partial charge in [-0.15, -0.1) is 0 Å². The fourth-order valence-corrected chi connectivity index (χ4v) is 3.44. The lowest BCUT2D eigenvalue weighted by molar-refractivity contribution is -0.124. The number of Topliss-reactive ketones (excluding diaryl/α,β-unsaturated/α-hetero) is 1. The quantitative estimate of drug-likeness (QED) is 0.537. The van der Waals surface area contributed by atoms with E-state index < -0.39 is 0 Å². The van der Waals surface area contributed by atoms with Crippen LogP contribution in [0.4, 0.5) is 0 Å². The minimum Gasteiger partial charge on any atom is -0.300 e. The first-order valence-corrected chi connectivity index (χ1v) is 5.12. The summed E-state index contributed by atoms with van der Waals surface area (Å²) in [5, 5.41) is 0. The summed E-state index contributed by atoms with van der Waals surface area (Å²) in [6.45, 7) is 1.26. The number of hydrogen-bond donors (Lipinski definition) is 0. The van der Waals surface area contributed by atoms with Crippen molar-refractivity contribution in [3.8, 4) is 0 Å². The number of hydrogen-bond acceptors (Lipinski definition) is 2. The number of nitrogens with zero attached hydrogens (tertiary/aromatic N) is 1. The zero-order valence-corrected chi connectivity index (χ0v) is 7.33. The van der Waals surface area contributed by atoms with E-state index in [-0.39, 0.29) is 0 Å². The lowest BCUT2D eigenvalue weighted by Gasteiger charge is -2.38. The van der Waals surface area contributed by atoms with Crippen molar-refractivity contribution in [2.24, 2.45) is 5.92 Å². The molecule has 2 nitrogen and oxygen atoms in total. The van der Waals surface area contributed by atoms with Gasteiger partial charge in [-0.2, -0.15) is 0 Å². The predicted molar refractivity (Wildman–Crippen MR) is 45.9 cm³/mol. The Morgan fingerprint density at radius 3 is 3.17 bits per heavy atom. The van der Waals surface area contributed by atoms with Gasteiger partial charge in [-0.3, -0.25) is 9.69 Å². The van der Waals surface area contributed by atoms with Gasteiger partial charge in [-0.25, -0.2) is 0 Å². The Balaban J connectivity index is 1.92. The summed E-state index contributed by atoms with van der Waals surface area (Å²) < 4.78 is 0.